The zero-order chi connectivity index (χ0) is 11.4. The van der Waals surface area contributed by atoms with Crippen molar-refractivity contribution >= 4 is 5.91 Å². The van der Waals surface area contributed by atoms with E-state index in [1.165, 1.54) is 0 Å². The summed E-state index contributed by atoms with van der Waals surface area (Å²) in [5.41, 5.74) is 0.976. The van der Waals surface area contributed by atoms with Gasteiger partial charge in [0, 0.05) is 18.9 Å². The lowest BCUT2D eigenvalue weighted by Gasteiger charge is -2.22. The van der Waals surface area contributed by atoms with Crippen LogP contribution in [0.1, 0.15) is 18.4 Å². The average Bonchev–Trinajstić information content (AvgIpc) is 2.78. The zero-order valence-electron chi connectivity index (χ0n) is 9.17. The lowest BCUT2D eigenvalue weighted by molar-refractivity contribution is -0.131. The Kier molecular flexibility index (Phi) is 3.51. The number of amides is 1. The molecule has 1 aromatic heterocycles. The Labute approximate surface area is 94.9 Å². The van der Waals surface area contributed by atoms with E-state index in [9.17, 15) is 4.79 Å². The Bertz CT molecular complexity index is 353. The molecule has 0 saturated carbocycles. The highest BCUT2D eigenvalue weighted by atomic mass is 16.3. The van der Waals surface area contributed by atoms with Crippen LogP contribution < -0.4 is 0 Å². The topological polar surface area (TPSA) is 53.4 Å². The lowest BCUT2D eigenvalue weighted by atomic mass is 10.1. The molecule has 86 valence electrons. The summed E-state index contributed by atoms with van der Waals surface area (Å²) in [5.74, 6) is 0.0998. The number of rotatable bonds is 3. The molecule has 1 aliphatic heterocycles. The fourth-order valence-electron chi connectivity index (χ4n) is 2.13. The number of hydrogen-bond donors (Lipinski definition) is 1. The highest BCUT2D eigenvalue weighted by molar-refractivity contribution is 5.79. The second-order valence-electron chi connectivity index (χ2n) is 4.10. The number of pyridine rings is 1. The average molecular weight is 220 g/mol. The van der Waals surface area contributed by atoms with Gasteiger partial charge < -0.3 is 10.0 Å². The molecule has 2 rings (SSSR count). The van der Waals surface area contributed by atoms with Crippen molar-refractivity contribution in [3.63, 3.8) is 0 Å². The van der Waals surface area contributed by atoms with Crippen molar-refractivity contribution in [1.82, 2.24) is 9.88 Å². The number of hydrogen-bond acceptors (Lipinski definition) is 3. The van der Waals surface area contributed by atoms with E-state index < -0.39 is 0 Å². The fraction of sp³-hybridized carbons (Fsp3) is 0.500. The van der Waals surface area contributed by atoms with Gasteiger partial charge in [-0.15, -0.1) is 0 Å². The predicted molar refractivity (Wildman–Crippen MR) is 59.8 cm³/mol. The third-order valence-electron chi connectivity index (χ3n) is 3.01. The maximum Gasteiger partial charge on any atom is 0.227 e. The van der Waals surface area contributed by atoms with Gasteiger partial charge in [0.15, 0.2) is 0 Å². The minimum absolute atomic E-state index is 0.0225. The van der Waals surface area contributed by atoms with Gasteiger partial charge in [-0.25, -0.2) is 0 Å². The smallest absolute Gasteiger partial charge is 0.227 e. The van der Waals surface area contributed by atoms with Crippen LogP contribution in [0.3, 0.4) is 0 Å². The number of carbonyl (C=O) groups excluding carboxylic acids is 1. The van der Waals surface area contributed by atoms with Gasteiger partial charge in [-0.1, -0.05) is 0 Å². The van der Waals surface area contributed by atoms with Crippen LogP contribution in [-0.4, -0.2) is 40.1 Å². The van der Waals surface area contributed by atoms with Crippen LogP contribution in [0.25, 0.3) is 0 Å². The van der Waals surface area contributed by atoms with Crippen LogP contribution in [0.2, 0.25) is 0 Å². The van der Waals surface area contributed by atoms with Crippen LogP contribution in [0, 0.1) is 0 Å². The SMILES string of the molecule is O=C(Cc1ccncc1)N1CCC[C@H]1CO. The molecule has 1 amide bonds. The van der Waals surface area contributed by atoms with E-state index >= 15 is 0 Å². The Hall–Kier alpha value is -1.42. The Morgan fingerprint density at radius 1 is 1.50 bits per heavy atom. The maximum absolute atomic E-state index is 12.0. The molecule has 1 saturated heterocycles. The third-order valence-corrected chi connectivity index (χ3v) is 3.01. The number of aliphatic hydroxyl groups excluding tert-OH is 1. The Morgan fingerprint density at radius 3 is 2.94 bits per heavy atom. The second kappa shape index (κ2) is 5.07. The Balaban J connectivity index is 1.98. The van der Waals surface area contributed by atoms with Crippen LogP contribution >= 0.6 is 0 Å². The number of carbonyl (C=O) groups is 1. The van der Waals surface area contributed by atoms with Crippen LogP contribution in [-0.2, 0) is 11.2 Å². The first kappa shape index (κ1) is 11.1. The number of likely N-dealkylation sites (tertiary alicyclic amines) is 1. The monoisotopic (exact) mass is 220 g/mol. The van der Waals surface area contributed by atoms with Crippen LogP contribution in [0.15, 0.2) is 24.5 Å². The first-order valence-electron chi connectivity index (χ1n) is 5.60. The van der Waals surface area contributed by atoms with E-state index in [2.05, 4.69) is 4.98 Å². The van der Waals surface area contributed by atoms with E-state index in [0.29, 0.717) is 6.42 Å². The maximum atomic E-state index is 12.0. The van der Waals surface area contributed by atoms with Crippen molar-refractivity contribution in [2.24, 2.45) is 0 Å². The summed E-state index contributed by atoms with van der Waals surface area (Å²) in [6.07, 6.45) is 5.69. The summed E-state index contributed by atoms with van der Waals surface area (Å²) in [4.78, 5) is 17.7. The summed E-state index contributed by atoms with van der Waals surface area (Å²) in [6.45, 7) is 0.844. The zero-order valence-corrected chi connectivity index (χ0v) is 9.17. The standard InChI is InChI=1S/C12H16N2O2/c15-9-11-2-1-7-14(11)12(16)8-10-3-5-13-6-4-10/h3-6,11,15H,1-2,7-9H2/t11-/m0/s1. The molecular formula is C12H16N2O2. The van der Waals surface area contributed by atoms with E-state index in [1.807, 2.05) is 12.1 Å². The molecule has 1 N–H and O–H groups in total. The minimum atomic E-state index is 0.0225. The molecule has 4 heteroatoms. The van der Waals surface area contributed by atoms with Gasteiger partial charge in [-0.2, -0.15) is 0 Å². The summed E-state index contributed by atoms with van der Waals surface area (Å²) < 4.78 is 0. The molecule has 1 aliphatic rings. The molecule has 0 aromatic carbocycles. The first-order valence-corrected chi connectivity index (χ1v) is 5.60. The van der Waals surface area contributed by atoms with Crippen molar-refractivity contribution in [3.05, 3.63) is 30.1 Å². The molecule has 1 fully saturated rings. The van der Waals surface area contributed by atoms with Gasteiger partial charge in [0.05, 0.1) is 19.1 Å². The fourth-order valence-corrected chi connectivity index (χ4v) is 2.13. The third kappa shape index (κ3) is 2.39. The molecule has 16 heavy (non-hydrogen) atoms. The summed E-state index contributed by atoms with van der Waals surface area (Å²) in [6, 6.07) is 3.72. The molecule has 1 aromatic rings. The molecule has 0 spiro atoms. The number of aromatic nitrogens is 1. The quantitative estimate of drug-likeness (QED) is 0.812. The van der Waals surface area contributed by atoms with Crippen molar-refractivity contribution in [2.45, 2.75) is 25.3 Å². The minimum Gasteiger partial charge on any atom is -0.394 e. The molecule has 2 heterocycles. The van der Waals surface area contributed by atoms with E-state index in [1.54, 1.807) is 17.3 Å². The summed E-state index contributed by atoms with van der Waals surface area (Å²) in [5, 5.41) is 9.15. The van der Waals surface area contributed by atoms with Gasteiger partial charge in [0.1, 0.15) is 0 Å². The largest absolute Gasteiger partial charge is 0.394 e. The van der Waals surface area contributed by atoms with Gasteiger partial charge in [-0.3, -0.25) is 9.78 Å². The first-order chi connectivity index (χ1) is 7.81. The normalized spacial score (nSPS) is 20.1. The molecule has 0 radical (unpaired) electrons. The van der Waals surface area contributed by atoms with Crippen molar-refractivity contribution in [3.8, 4) is 0 Å². The van der Waals surface area contributed by atoms with Crippen LogP contribution in [0.5, 0.6) is 0 Å². The molecule has 0 bridgehead atoms. The second-order valence-corrected chi connectivity index (χ2v) is 4.10. The van der Waals surface area contributed by atoms with Gasteiger partial charge in [-0.05, 0) is 30.5 Å². The van der Waals surface area contributed by atoms with Crippen molar-refractivity contribution < 1.29 is 9.90 Å². The van der Waals surface area contributed by atoms with E-state index in [-0.39, 0.29) is 18.6 Å². The predicted octanol–water partition coefficient (Wildman–Crippen LogP) is 0.607. The molecule has 0 aliphatic carbocycles. The highest BCUT2D eigenvalue weighted by Crippen LogP contribution is 2.17. The van der Waals surface area contributed by atoms with Crippen molar-refractivity contribution in [1.29, 1.82) is 0 Å². The number of aliphatic hydroxyl groups is 1. The summed E-state index contributed by atoms with van der Waals surface area (Å²) in [7, 11) is 0. The van der Waals surface area contributed by atoms with Gasteiger partial charge >= 0.3 is 0 Å². The number of nitrogens with zero attached hydrogens (tertiary/aromatic N) is 2. The Morgan fingerprint density at radius 2 is 2.25 bits per heavy atom. The van der Waals surface area contributed by atoms with E-state index in [4.69, 9.17) is 5.11 Å². The molecular weight excluding hydrogens is 204 g/mol. The van der Waals surface area contributed by atoms with Gasteiger partial charge in [0.25, 0.3) is 0 Å². The molecule has 1 atom stereocenters. The highest BCUT2D eigenvalue weighted by Gasteiger charge is 2.27. The molecule has 4 nitrogen and oxygen atoms in total. The van der Waals surface area contributed by atoms with Crippen molar-refractivity contribution in [2.75, 3.05) is 13.2 Å². The van der Waals surface area contributed by atoms with Crippen LogP contribution in [0.4, 0.5) is 0 Å². The summed E-state index contributed by atoms with van der Waals surface area (Å²) >= 11 is 0. The van der Waals surface area contributed by atoms with Gasteiger partial charge in [0.2, 0.25) is 5.91 Å². The molecule has 0 unspecified atom stereocenters. The van der Waals surface area contributed by atoms with E-state index in [0.717, 1.165) is 24.9 Å². The lowest BCUT2D eigenvalue weighted by Crippen LogP contribution is -2.38.